The van der Waals surface area contributed by atoms with Crippen LogP contribution in [-0.2, 0) is 4.79 Å². The molecule has 1 aliphatic rings. The van der Waals surface area contributed by atoms with Gasteiger partial charge in [-0.3, -0.25) is 9.69 Å². The van der Waals surface area contributed by atoms with Gasteiger partial charge < -0.3 is 10.6 Å². The Kier molecular flexibility index (Phi) is 6.67. The Hall–Kier alpha value is -0.430. The molecule has 1 aromatic carbocycles. The van der Waals surface area contributed by atoms with E-state index in [9.17, 15) is 4.79 Å². The quantitative estimate of drug-likeness (QED) is 0.772. The minimum absolute atomic E-state index is 0.0464. The second-order valence-corrected chi connectivity index (χ2v) is 7.22. The first-order chi connectivity index (χ1) is 10.1. The molecule has 1 fully saturated rings. The molecular weight excluding hydrogens is 398 g/mol. The maximum atomic E-state index is 12.1. The second-order valence-electron chi connectivity index (χ2n) is 5.45. The molecule has 1 amide bonds. The van der Waals surface area contributed by atoms with Crippen molar-refractivity contribution >= 4 is 43.5 Å². The van der Waals surface area contributed by atoms with E-state index < -0.39 is 0 Å². The lowest BCUT2D eigenvalue weighted by Gasteiger charge is -2.31. The highest BCUT2D eigenvalue weighted by Gasteiger charge is 2.20. The molecule has 0 aromatic heterocycles. The number of anilines is 1. The summed E-state index contributed by atoms with van der Waals surface area (Å²) in [6.45, 7) is 3.54. The molecule has 0 unspecified atom stereocenters. The molecule has 6 heteroatoms. The summed E-state index contributed by atoms with van der Waals surface area (Å²) in [6.07, 6.45) is 2.33. The van der Waals surface area contributed by atoms with Crippen LogP contribution in [0.1, 0.15) is 12.8 Å². The van der Waals surface area contributed by atoms with Gasteiger partial charge in [0.05, 0.1) is 12.2 Å². The third-order valence-electron chi connectivity index (χ3n) is 3.77. The third-order valence-corrected chi connectivity index (χ3v) is 4.92. The van der Waals surface area contributed by atoms with Crippen molar-refractivity contribution < 1.29 is 4.79 Å². The third kappa shape index (κ3) is 5.36. The first kappa shape index (κ1) is 16.9. The molecule has 0 bridgehead atoms. The largest absolute Gasteiger partial charge is 0.324 e. The van der Waals surface area contributed by atoms with Crippen molar-refractivity contribution in [1.29, 1.82) is 0 Å². The van der Waals surface area contributed by atoms with Gasteiger partial charge in [0.2, 0.25) is 5.91 Å². The van der Waals surface area contributed by atoms with Crippen LogP contribution in [0.5, 0.6) is 0 Å². The van der Waals surface area contributed by atoms with Crippen LogP contribution in [0.15, 0.2) is 27.1 Å². The summed E-state index contributed by atoms with van der Waals surface area (Å²) >= 11 is 6.87. The van der Waals surface area contributed by atoms with E-state index in [0.717, 1.165) is 53.0 Å². The van der Waals surface area contributed by atoms with Gasteiger partial charge in [-0.05, 0) is 79.6 Å². The van der Waals surface area contributed by atoms with Crippen LogP contribution in [0.3, 0.4) is 0 Å². The number of amides is 1. The zero-order valence-electron chi connectivity index (χ0n) is 12.2. The standard InChI is InChI=1S/C15H21Br2N3O/c1-18-9-11-4-6-20(7-5-11)10-15(21)19-14-3-2-12(16)8-13(14)17/h2-3,8,11,18H,4-7,9-10H2,1H3,(H,19,21). The molecule has 1 saturated heterocycles. The van der Waals surface area contributed by atoms with Gasteiger partial charge in [0, 0.05) is 8.95 Å². The Labute approximate surface area is 142 Å². The van der Waals surface area contributed by atoms with Gasteiger partial charge in [-0.2, -0.15) is 0 Å². The van der Waals surface area contributed by atoms with Crippen molar-refractivity contribution in [1.82, 2.24) is 10.2 Å². The molecule has 0 atom stereocenters. The summed E-state index contributed by atoms with van der Waals surface area (Å²) in [7, 11) is 2.00. The Bertz CT molecular complexity index is 488. The highest BCUT2D eigenvalue weighted by Crippen LogP contribution is 2.26. The monoisotopic (exact) mass is 417 g/mol. The van der Waals surface area contributed by atoms with Crippen LogP contribution in [0.4, 0.5) is 5.69 Å². The van der Waals surface area contributed by atoms with Crippen molar-refractivity contribution in [3.8, 4) is 0 Å². The van der Waals surface area contributed by atoms with Gasteiger partial charge in [-0.1, -0.05) is 15.9 Å². The Morgan fingerprint density at radius 1 is 1.33 bits per heavy atom. The Morgan fingerprint density at radius 3 is 2.67 bits per heavy atom. The second kappa shape index (κ2) is 8.27. The fourth-order valence-corrected chi connectivity index (χ4v) is 3.77. The normalized spacial score (nSPS) is 16.9. The molecule has 1 heterocycles. The smallest absolute Gasteiger partial charge is 0.238 e. The number of carbonyl (C=O) groups is 1. The van der Waals surface area contributed by atoms with Gasteiger partial charge in [0.15, 0.2) is 0 Å². The predicted molar refractivity (Wildman–Crippen MR) is 93.6 cm³/mol. The van der Waals surface area contributed by atoms with Crippen LogP contribution in [0, 0.1) is 5.92 Å². The summed E-state index contributed by atoms with van der Waals surface area (Å²) in [6, 6.07) is 5.74. The van der Waals surface area contributed by atoms with Gasteiger partial charge in [-0.25, -0.2) is 0 Å². The topological polar surface area (TPSA) is 44.4 Å². The molecular formula is C15H21Br2N3O. The lowest BCUT2D eigenvalue weighted by Crippen LogP contribution is -2.40. The molecule has 1 aliphatic heterocycles. The number of carbonyl (C=O) groups excluding carboxylic acids is 1. The van der Waals surface area contributed by atoms with E-state index in [4.69, 9.17) is 0 Å². The highest BCUT2D eigenvalue weighted by atomic mass is 79.9. The van der Waals surface area contributed by atoms with Crippen molar-refractivity contribution in [2.75, 3.05) is 38.5 Å². The van der Waals surface area contributed by atoms with Crippen LogP contribution in [0.2, 0.25) is 0 Å². The van der Waals surface area contributed by atoms with E-state index in [1.54, 1.807) is 0 Å². The minimum atomic E-state index is 0.0464. The molecule has 0 spiro atoms. The molecule has 2 rings (SSSR count). The lowest BCUT2D eigenvalue weighted by atomic mass is 9.97. The number of likely N-dealkylation sites (tertiary alicyclic amines) is 1. The van der Waals surface area contributed by atoms with E-state index in [0.29, 0.717) is 6.54 Å². The van der Waals surface area contributed by atoms with Crippen molar-refractivity contribution in [3.05, 3.63) is 27.1 Å². The molecule has 2 N–H and O–H groups in total. The molecule has 1 aromatic rings. The van der Waals surface area contributed by atoms with Crippen molar-refractivity contribution in [2.24, 2.45) is 5.92 Å². The minimum Gasteiger partial charge on any atom is -0.324 e. The first-order valence-corrected chi connectivity index (χ1v) is 8.79. The number of rotatable bonds is 5. The molecule has 21 heavy (non-hydrogen) atoms. The van der Waals surface area contributed by atoms with Gasteiger partial charge >= 0.3 is 0 Å². The van der Waals surface area contributed by atoms with E-state index in [1.165, 1.54) is 0 Å². The van der Waals surface area contributed by atoms with Gasteiger partial charge in [0.25, 0.3) is 0 Å². The molecule has 116 valence electrons. The summed E-state index contributed by atoms with van der Waals surface area (Å²) in [5, 5.41) is 6.19. The zero-order valence-corrected chi connectivity index (χ0v) is 15.3. The first-order valence-electron chi connectivity index (χ1n) is 7.20. The number of hydrogen-bond acceptors (Lipinski definition) is 3. The van der Waals surface area contributed by atoms with Gasteiger partial charge in [0.1, 0.15) is 0 Å². The van der Waals surface area contributed by atoms with Crippen LogP contribution in [0.25, 0.3) is 0 Å². The fraction of sp³-hybridized carbons (Fsp3) is 0.533. The number of nitrogens with zero attached hydrogens (tertiary/aromatic N) is 1. The maximum Gasteiger partial charge on any atom is 0.238 e. The van der Waals surface area contributed by atoms with Crippen LogP contribution < -0.4 is 10.6 Å². The number of hydrogen-bond donors (Lipinski definition) is 2. The van der Waals surface area contributed by atoms with Crippen molar-refractivity contribution in [2.45, 2.75) is 12.8 Å². The summed E-state index contributed by atoms with van der Waals surface area (Å²) < 4.78 is 1.87. The lowest BCUT2D eigenvalue weighted by molar-refractivity contribution is -0.117. The zero-order chi connectivity index (χ0) is 15.2. The highest BCUT2D eigenvalue weighted by molar-refractivity contribution is 9.11. The van der Waals surface area contributed by atoms with E-state index in [-0.39, 0.29) is 5.91 Å². The summed E-state index contributed by atoms with van der Waals surface area (Å²) in [5.41, 5.74) is 0.813. The number of piperidine rings is 1. The van der Waals surface area contributed by atoms with Gasteiger partial charge in [-0.15, -0.1) is 0 Å². The molecule has 0 aliphatic carbocycles. The fourth-order valence-electron chi connectivity index (χ4n) is 2.62. The summed E-state index contributed by atoms with van der Waals surface area (Å²) in [4.78, 5) is 14.4. The average Bonchev–Trinajstić information content (AvgIpc) is 2.44. The van der Waals surface area contributed by atoms with Crippen LogP contribution >= 0.6 is 31.9 Å². The summed E-state index contributed by atoms with van der Waals surface area (Å²) in [5.74, 6) is 0.792. The Balaban J connectivity index is 1.80. The number of nitrogens with one attached hydrogen (secondary N) is 2. The van der Waals surface area contributed by atoms with Crippen LogP contribution in [-0.4, -0.2) is 44.0 Å². The number of benzene rings is 1. The number of halogens is 2. The average molecular weight is 419 g/mol. The van der Waals surface area contributed by atoms with E-state index >= 15 is 0 Å². The maximum absolute atomic E-state index is 12.1. The predicted octanol–water partition coefficient (Wildman–Crippen LogP) is 3.08. The van der Waals surface area contributed by atoms with E-state index in [2.05, 4.69) is 47.4 Å². The molecule has 4 nitrogen and oxygen atoms in total. The SMILES string of the molecule is CNCC1CCN(CC(=O)Nc2ccc(Br)cc2Br)CC1. The van der Waals surface area contributed by atoms with Crippen molar-refractivity contribution in [3.63, 3.8) is 0 Å². The molecule has 0 saturated carbocycles. The molecule has 0 radical (unpaired) electrons. The van der Waals surface area contributed by atoms with E-state index in [1.807, 2.05) is 25.2 Å². The Morgan fingerprint density at radius 2 is 2.05 bits per heavy atom.